The molecule has 0 spiro atoms. The van der Waals surface area contributed by atoms with Crippen molar-refractivity contribution in [1.82, 2.24) is 15.4 Å². The number of carbonyl (C=O) groups excluding carboxylic acids is 1. The fourth-order valence-corrected chi connectivity index (χ4v) is 4.25. The minimum absolute atomic E-state index is 0.00747. The third-order valence-corrected chi connectivity index (χ3v) is 5.83. The Morgan fingerprint density at radius 2 is 1.88 bits per heavy atom. The van der Waals surface area contributed by atoms with Crippen molar-refractivity contribution >= 4 is 15.9 Å². The molecule has 7 nitrogen and oxygen atoms in total. The Hall–Kier alpha value is -1.64. The van der Waals surface area contributed by atoms with Crippen LogP contribution in [-0.4, -0.2) is 46.6 Å². The Kier molecular flexibility index (Phi) is 5.07. The summed E-state index contributed by atoms with van der Waals surface area (Å²) in [6, 6.07) is 4.61. The lowest BCUT2D eigenvalue weighted by Crippen LogP contribution is -2.42. The van der Waals surface area contributed by atoms with Gasteiger partial charge in [-0.1, -0.05) is 0 Å². The second kappa shape index (κ2) is 7.08. The first kappa shape index (κ1) is 17.2. The van der Waals surface area contributed by atoms with Crippen LogP contribution in [0.15, 0.2) is 23.1 Å². The Morgan fingerprint density at radius 3 is 2.50 bits per heavy atom. The first-order chi connectivity index (χ1) is 11.5. The molecule has 1 saturated carbocycles. The van der Waals surface area contributed by atoms with Crippen LogP contribution in [-0.2, 0) is 10.0 Å². The van der Waals surface area contributed by atoms with Gasteiger partial charge in [-0.15, -0.1) is 0 Å². The van der Waals surface area contributed by atoms with E-state index in [2.05, 4.69) is 15.4 Å². The number of ether oxygens (including phenoxy) is 1. The Morgan fingerprint density at radius 1 is 1.17 bits per heavy atom. The largest absolute Gasteiger partial charge is 0.495 e. The van der Waals surface area contributed by atoms with Crippen molar-refractivity contribution in [2.24, 2.45) is 0 Å². The second-order valence-electron chi connectivity index (χ2n) is 6.26. The molecule has 0 aromatic heterocycles. The SMILES string of the molecule is COc1ccc(C(=O)NC2CCNCC2)cc1S(=O)(=O)NC1CC1. The molecular formula is C16H23N3O4S. The van der Waals surface area contributed by atoms with Gasteiger partial charge in [0.1, 0.15) is 10.6 Å². The van der Waals surface area contributed by atoms with Crippen molar-refractivity contribution in [2.45, 2.75) is 42.7 Å². The summed E-state index contributed by atoms with van der Waals surface area (Å²) in [5.41, 5.74) is 0.325. The second-order valence-corrected chi connectivity index (χ2v) is 7.94. The maximum Gasteiger partial charge on any atom is 0.251 e. The van der Waals surface area contributed by atoms with Gasteiger partial charge in [-0.05, 0) is 57.0 Å². The number of amides is 1. The lowest BCUT2D eigenvalue weighted by atomic mass is 10.1. The molecule has 1 aliphatic carbocycles. The van der Waals surface area contributed by atoms with Crippen LogP contribution in [0.5, 0.6) is 5.75 Å². The molecule has 1 heterocycles. The van der Waals surface area contributed by atoms with E-state index >= 15 is 0 Å². The fraction of sp³-hybridized carbons (Fsp3) is 0.562. The highest BCUT2D eigenvalue weighted by molar-refractivity contribution is 7.89. The normalized spacial score (nSPS) is 19.0. The topological polar surface area (TPSA) is 96.5 Å². The average Bonchev–Trinajstić information content (AvgIpc) is 3.38. The zero-order chi connectivity index (χ0) is 17.2. The van der Waals surface area contributed by atoms with E-state index in [1.54, 1.807) is 6.07 Å². The third kappa shape index (κ3) is 4.06. The number of hydrogen-bond donors (Lipinski definition) is 3. The van der Waals surface area contributed by atoms with E-state index in [1.165, 1.54) is 19.2 Å². The number of methoxy groups -OCH3 is 1. The summed E-state index contributed by atoms with van der Waals surface area (Å²) in [6.45, 7) is 1.75. The van der Waals surface area contributed by atoms with E-state index in [1.807, 2.05) is 0 Å². The number of carbonyl (C=O) groups is 1. The smallest absolute Gasteiger partial charge is 0.251 e. The van der Waals surface area contributed by atoms with E-state index in [4.69, 9.17) is 4.74 Å². The van der Waals surface area contributed by atoms with Gasteiger partial charge in [0.15, 0.2) is 0 Å². The Balaban J connectivity index is 1.81. The van der Waals surface area contributed by atoms with Gasteiger partial charge in [0, 0.05) is 17.6 Å². The van der Waals surface area contributed by atoms with Gasteiger partial charge in [-0.2, -0.15) is 0 Å². The highest BCUT2D eigenvalue weighted by Gasteiger charge is 2.30. The molecule has 132 valence electrons. The van der Waals surface area contributed by atoms with Gasteiger partial charge in [0.2, 0.25) is 10.0 Å². The van der Waals surface area contributed by atoms with E-state index in [-0.39, 0.29) is 28.6 Å². The fourth-order valence-electron chi connectivity index (χ4n) is 2.75. The maximum atomic E-state index is 12.5. The van der Waals surface area contributed by atoms with Gasteiger partial charge >= 0.3 is 0 Å². The van der Waals surface area contributed by atoms with Crippen LogP contribution in [0, 0.1) is 0 Å². The molecule has 0 unspecified atom stereocenters. The molecular weight excluding hydrogens is 330 g/mol. The molecule has 2 aliphatic rings. The molecule has 0 bridgehead atoms. The highest BCUT2D eigenvalue weighted by Crippen LogP contribution is 2.28. The molecule has 1 aromatic carbocycles. The summed E-state index contributed by atoms with van der Waals surface area (Å²) >= 11 is 0. The van der Waals surface area contributed by atoms with E-state index in [0.717, 1.165) is 38.8 Å². The Bertz CT molecular complexity index is 710. The highest BCUT2D eigenvalue weighted by atomic mass is 32.2. The molecule has 24 heavy (non-hydrogen) atoms. The number of sulfonamides is 1. The molecule has 0 atom stereocenters. The van der Waals surface area contributed by atoms with Crippen LogP contribution in [0.2, 0.25) is 0 Å². The van der Waals surface area contributed by atoms with Crippen molar-refractivity contribution in [3.63, 3.8) is 0 Å². The van der Waals surface area contributed by atoms with Gasteiger partial charge in [0.05, 0.1) is 7.11 Å². The molecule has 8 heteroatoms. The van der Waals surface area contributed by atoms with E-state index in [0.29, 0.717) is 5.56 Å². The van der Waals surface area contributed by atoms with Gasteiger partial charge < -0.3 is 15.4 Å². The van der Waals surface area contributed by atoms with Crippen LogP contribution in [0.1, 0.15) is 36.0 Å². The van der Waals surface area contributed by atoms with E-state index < -0.39 is 10.0 Å². The molecule has 1 amide bonds. The molecule has 1 aromatic rings. The molecule has 0 radical (unpaired) electrons. The molecule has 3 N–H and O–H groups in total. The summed E-state index contributed by atoms with van der Waals surface area (Å²) < 4.78 is 32.8. The predicted molar refractivity (Wildman–Crippen MR) is 89.7 cm³/mol. The van der Waals surface area contributed by atoms with Crippen molar-refractivity contribution < 1.29 is 17.9 Å². The molecule has 2 fully saturated rings. The zero-order valence-corrected chi connectivity index (χ0v) is 14.5. The lowest BCUT2D eigenvalue weighted by Gasteiger charge is -2.23. The maximum absolute atomic E-state index is 12.5. The van der Waals surface area contributed by atoms with Crippen molar-refractivity contribution in [3.8, 4) is 5.75 Å². The van der Waals surface area contributed by atoms with Crippen LogP contribution < -0.4 is 20.1 Å². The van der Waals surface area contributed by atoms with Crippen LogP contribution >= 0.6 is 0 Å². The standard InChI is InChI=1S/C16H23N3O4S/c1-23-14-5-2-11(16(20)18-12-6-8-17-9-7-12)10-15(14)24(21,22)19-13-3-4-13/h2,5,10,12-13,17,19H,3-4,6-9H2,1H3,(H,18,20). The Labute approximate surface area is 142 Å². The molecule has 1 saturated heterocycles. The molecule has 3 rings (SSSR count). The van der Waals surface area contributed by atoms with Crippen molar-refractivity contribution in [1.29, 1.82) is 0 Å². The summed E-state index contributed by atoms with van der Waals surface area (Å²) in [7, 11) is -2.28. The third-order valence-electron chi connectivity index (χ3n) is 4.29. The van der Waals surface area contributed by atoms with Crippen molar-refractivity contribution in [3.05, 3.63) is 23.8 Å². The zero-order valence-electron chi connectivity index (χ0n) is 13.7. The van der Waals surface area contributed by atoms with Crippen LogP contribution in [0.4, 0.5) is 0 Å². The summed E-state index contributed by atoms with van der Waals surface area (Å²) in [5.74, 6) is -0.0195. The van der Waals surface area contributed by atoms with Gasteiger partial charge in [0.25, 0.3) is 5.91 Å². The number of piperidine rings is 1. The minimum Gasteiger partial charge on any atom is -0.495 e. The average molecular weight is 353 g/mol. The first-order valence-electron chi connectivity index (χ1n) is 8.21. The molecule has 1 aliphatic heterocycles. The summed E-state index contributed by atoms with van der Waals surface area (Å²) in [6.07, 6.45) is 3.43. The van der Waals surface area contributed by atoms with Gasteiger partial charge in [-0.25, -0.2) is 13.1 Å². The van der Waals surface area contributed by atoms with E-state index in [9.17, 15) is 13.2 Å². The minimum atomic E-state index is -3.69. The summed E-state index contributed by atoms with van der Waals surface area (Å²) in [5, 5.41) is 6.21. The van der Waals surface area contributed by atoms with Crippen LogP contribution in [0.3, 0.4) is 0 Å². The number of rotatable bonds is 6. The monoisotopic (exact) mass is 353 g/mol. The number of benzene rings is 1. The lowest BCUT2D eigenvalue weighted by molar-refractivity contribution is 0.0929. The number of nitrogens with one attached hydrogen (secondary N) is 3. The summed E-state index contributed by atoms with van der Waals surface area (Å²) in [4.78, 5) is 12.4. The predicted octanol–water partition coefficient (Wildman–Crippen LogP) is 0.618. The first-order valence-corrected chi connectivity index (χ1v) is 9.70. The van der Waals surface area contributed by atoms with Gasteiger partial charge in [-0.3, -0.25) is 4.79 Å². The number of hydrogen-bond acceptors (Lipinski definition) is 5. The van der Waals surface area contributed by atoms with Crippen molar-refractivity contribution in [2.75, 3.05) is 20.2 Å². The van der Waals surface area contributed by atoms with Crippen LogP contribution in [0.25, 0.3) is 0 Å². The quantitative estimate of drug-likeness (QED) is 0.697.